The van der Waals surface area contributed by atoms with Crippen LogP contribution in [0.2, 0.25) is 0 Å². The van der Waals surface area contributed by atoms with Gasteiger partial charge in [0, 0.05) is 5.75 Å². The number of hydrogen-bond donors (Lipinski definition) is 0. The van der Waals surface area contributed by atoms with Gasteiger partial charge in [0.25, 0.3) is 0 Å². The van der Waals surface area contributed by atoms with Gasteiger partial charge in [0.1, 0.15) is 0 Å². The molecule has 0 saturated carbocycles. The van der Waals surface area contributed by atoms with Crippen LogP contribution in [-0.2, 0) is 0 Å². The van der Waals surface area contributed by atoms with Gasteiger partial charge in [-0.2, -0.15) is 18.4 Å². The molecule has 0 aromatic rings. The summed E-state index contributed by atoms with van der Waals surface area (Å²) in [7, 11) is 0. The van der Waals surface area contributed by atoms with Crippen molar-refractivity contribution in [3.8, 4) is 6.07 Å². The van der Waals surface area contributed by atoms with Crippen LogP contribution in [0.3, 0.4) is 0 Å². The minimum Gasteiger partial charge on any atom is -0.197 e. The van der Waals surface area contributed by atoms with Crippen molar-refractivity contribution in [2.24, 2.45) is 0 Å². The molecule has 5 heteroatoms. The van der Waals surface area contributed by atoms with Gasteiger partial charge in [-0.1, -0.05) is 13.3 Å². The lowest BCUT2D eigenvalue weighted by atomic mass is 10.1. The summed E-state index contributed by atoms with van der Waals surface area (Å²) in [6, 6.07) is 2.06. The van der Waals surface area contributed by atoms with Crippen LogP contribution in [0.4, 0.5) is 13.2 Å². The van der Waals surface area contributed by atoms with E-state index in [1.54, 1.807) is 6.92 Å². The first-order valence-corrected chi connectivity index (χ1v) is 5.43. The fraction of sp³-hybridized carbons (Fsp3) is 0.889. The van der Waals surface area contributed by atoms with Gasteiger partial charge in [-0.05, 0) is 13.3 Å². The zero-order valence-electron chi connectivity index (χ0n) is 8.32. The Bertz CT molecular complexity index is 209. The summed E-state index contributed by atoms with van der Waals surface area (Å²) in [6.07, 6.45) is -3.50. The van der Waals surface area contributed by atoms with E-state index in [9.17, 15) is 13.2 Å². The number of thioether (sulfide) groups is 1. The summed E-state index contributed by atoms with van der Waals surface area (Å²) in [4.78, 5) is 0. The summed E-state index contributed by atoms with van der Waals surface area (Å²) in [5, 5.41) is 8.79. The third kappa shape index (κ3) is 6.14. The van der Waals surface area contributed by atoms with Gasteiger partial charge in [-0.25, -0.2) is 0 Å². The standard InChI is InChI=1S/C9H14F3NS/c1-3-4-8(2,7-13)14-6-5-9(10,11)12/h3-6H2,1-2H3. The first-order chi connectivity index (χ1) is 6.33. The number of rotatable bonds is 5. The lowest BCUT2D eigenvalue weighted by Crippen LogP contribution is -2.19. The molecule has 1 nitrogen and oxygen atoms in total. The average molecular weight is 225 g/mol. The van der Waals surface area contributed by atoms with Crippen molar-refractivity contribution in [3.05, 3.63) is 0 Å². The number of nitrogens with zero attached hydrogens (tertiary/aromatic N) is 1. The second-order valence-electron chi connectivity index (χ2n) is 3.31. The molecule has 0 aromatic carbocycles. The third-order valence-corrected chi connectivity index (χ3v) is 3.11. The lowest BCUT2D eigenvalue weighted by Gasteiger charge is -2.20. The van der Waals surface area contributed by atoms with Gasteiger partial charge in [0.2, 0.25) is 0 Å². The van der Waals surface area contributed by atoms with Crippen molar-refractivity contribution in [2.45, 2.75) is 44.0 Å². The van der Waals surface area contributed by atoms with Crippen LogP contribution in [0.25, 0.3) is 0 Å². The van der Waals surface area contributed by atoms with Crippen LogP contribution in [0.5, 0.6) is 0 Å². The first-order valence-electron chi connectivity index (χ1n) is 4.45. The Morgan fingerprint density at radius 2 is 1.86 bits per heavy atom. The Labute approximate surface area is 86.7 Å². The molecule has 0 rings (SSSR count). The van der Waals surface area contributed by atoms with Gasteiger partial charge in [0.15, 0.2) is 0 Å². The van der Waals surface area contributed by atoms with Gasteiger partial charge in [-0.3, -0.25) is 0 Å². The fourth-order valence-electron chi connectivity index (χ4n) is 1.03. The Morgan fingerprint density at radius 3 is 2.21 bits per heavy atom. The molecular formula is C9H14F3NS. The predicted molar refractivity (Wildman–Crippen MR) is 52.1 cm³/mol. The molecule has 0 radical (unpaired) electrons. The van der Waals surface area contributed by atoms with Crippen molar-refractivity contribution in [1.29, 1.82) is 5.26 Å². The predicted octanol–water partition coefficient (Wildman–Crippen LogP) is 3.75. The summed E-state index contributed by atoms with van der Waals surface area (Å²) in [6.45, 7) is 3.61. The second kappa shape index (κ2) is 5.50. The van der Waals surface area contributed by atoms with Crippen LogP contribution in [0.1, 0.15) is 33.1 Å². The molecule has 0 aliphatic carbocycles. The highest BCUT2D eigenvalue weighted by molar-refractivity contribution is 8.00. The van der Waals surface area contributed by atoms with E-state index in [4.69, 9.17) is 5.26 Å². The molecule has 0 aromatic heterocycles. The molecule has 0 aliphatic rings. The lowest BCUT2D eigenvalue weighted by molar-refractivity contribution is -0.129. The van der Waals surface area contributed by atoms with Gasteiger partial charge >= 0.3 is 6.18 Å². The third-order valence-electron chi connectivity index (χ3n) is 1.77. The van der Waals surface area contributed by atoms with Crippen molar-refractivity contribution in [1.82, 2.24) is 0 Å². The van der Waals surface area contributed by atoms with E-state index in [1.807, 2.05) is 6.92 Å². The maximum atomic E-state index is 11.8. The van der Waals surface area contributed by atoms with E-state index in [0.29, 0.717) is 6.42 Å². The molecule has 0 amide bonds. The Hall–Kier alpha value is -0.370. The quantitative estimate of drug-likeness (QED) is 0.711. The van der Waals surface area contributed by atoms with Crippen LogP contribution >= 0.6 is 11.8 Å². The van der Waals surface area contributed by atoms with E-state index >= 15 is 0 Å². The molecule has 1 atom stereocenters. The molecule has 14 heavy (non-hydrogen) atoms. The van der Waals surface area contributed by atoms with E-state index in [2.05, 4.69) is 6.07 Å². The van der Waals surface area contributed by atoms with Crippen molar-refractivity contribution in [2.75, 3.05) is 5.75 Å². The van der Waals surface area contributed by atoms with Crippen LogP contribution in [0, 0.1) is 11.3 Å². The zero-order valence-corrected chi connectivity index (χ0v) is 9.13. The molecule has 0 aliphatic heterocycles. The molecule has 0 N–H and O–H groups in total. The van der Waals surface area contributed by atoms with Crippen molar-refractivity contribution < 1.29 is 13.2 Å². The first kappa shape index (κ1) is 13.6. The molecule has 0 fully saturated rings. The topological polar surface area (TPSA) is 23.8 Å². The van der Waals surface area contributed by atoms with E-state index in [1.165, 1.54) is 0 Å². The van der Waals surface area contributed by atoms with Gasteiger partial charge in [0.05, 0.1) is 17.2 Å². The zero-order chi connectivity index (χ0) is 11.2. The smallest absolute Gasteiger partial charge is 0.197 e. The summed E-state index contributed by atoms with van der Waals surface area (Å²) in [5.74, 6) is -0.0342. The average Bonchev–Trinajstić information content (AvgIpc) is 2.02. The minimum atomic E-state index is -4.12. The second-order valence-corrected chi connectivity index (χ2v) is 4.90. The fourth-order valence-corrected chi connectivity index (χ4v) is 2.23. The summed E-state index contributed by atoms with van der Waals surface area (Å²) < 4.78 is 34.8. The van der Waals surface area contributed by atoms with Crippen molar-refractivity contribution >= 4 is 11.8 Å². The Balaban J connectivity index is 3.92. The monoisotopic (exact) mass is 225 g/mol. The molecule has 0 spiro atoms. The highest BCUT2D eigenvalue weighted by atomic mass is 32.2. The largest absolute Gasteiger partial charge is 0.389 e. The summed E-state index contributed by atoms with van der Waals surface area (Å²) in [5.41, 5.74) is 0. The Morgan fingerprint density at radius 1 is 1.29 bits per heavy atom. The van der Waals surface area contributed by atoms with E-state index in [-0.39, 0.29) is 5.75 Å². The number of nitriles is 1. The van der Waals surface area contributed by atoms with E-state index < -0.39 is 17.3 Å². The highest BCUT2D eigenvalue weighted by Gasteiger charge is 2.30. The van der Waals surface area contributed by atoms with Gasteiger partial charge in [-0.15, -0.1) is 11.8 Å². The highest BCUT2D eigenvalue weighted by Crippen LogP contribution is 2.32. The SMILES string of the molecule is CCCC(C)(C#N)SCCC(F)(F)F. The molecular weight excluding hydrogens is 211 g/mol. The van der Waals surface area contributed by atoms with Gasteiger partial charge < -0.3 is 0 Å². The minimum absolute atomic E-state index is 0.0342. The molecule has 82 valence electrons. The molecule has 0 saturated heterocycles. The maximum absolute atomic E-state index is 11.8. The van der Waals surface area contributed by atoms with Crippen molar-refractivity contribution in [3.63, 3.8) is 0 Å². The van der Waals surface area contributed by atoms with Crippen LogP contribution in [-0.4, -0.2) is 16.7 Å². The van der Waals surface area contributed by atoms with E-state index in [0.717, 1.165) is 18.2 Å². The number of hydrogen-bond acceptors (Lipinski definition) is 2. The number of alkyl halides is 3. The Kier molecular flexibility index (Phi) is 5.35. The molecule has 0 bridgehead atoms. The maximum Gasteiger partial charge on any atom is 0.389 e. The summed E-state index contributed by atoms with van der Waals surface area (Å²) >= 11 is 1.09. The normalized spacial score (nSPS) is 16.0. The molecule has 1 unspecified atom stereocenters. The van der Waals surface area contributed by atoms with Crippen LogP contribution < -0.4 is 0 Å². The number of halogens is 3. The van der Waals surface area contributed by atoms with Crippen LogP contribution in [0.15, 0.2) is 0 Å². The molecule has 0 heterocycles.